The van der Waals surface area contributed by atoms with Crippen LogP contribution in [0.5, 0.6) is 0 Å². The Balaban J connectivity index is 2.19. The normalized spacial score (nSPS) is 29.4. The molecule has 1 aliphatic rings. The second-order valence-electron chi connectivity index (χ2n) is 4.23. The van der Waals surface area contributed by atoms with Crippen molar-refractivity contribution in [2.24, 2.45) is 0 Å². The van der Waals surface area contributed by atoms with Crippen LogP contribution in [0.4, 0.5) is 0 Å². The van der Waals surface area contributed by atoms with Crippen LogP contribution in [0, 0.1) is 0 Å². The predicted molar refractivity (Wildman–Crippen MR) is 61.7 cm³/mol. The largest absolute Gasteiger partial charge is 0.463 e. The highest BCUT2D eigenvalue weighted by molar-refractivity contribution is 5.65. The van der Waals surface area contributed by atoms with Gasteiger partial charge in [0.15, 0.2) is 6.23 Å². The van der Waals surface area contributed by atoms with Gasteiger partial charge in [-0.15, -0.1) is 0 Å². The molecule has 1 aromatic heterocycles. The number of nitrogens with zero attached hydrogens (tertiary/aromatic N) is 2. The minimum atomic E-state index is -1.45. The van der Waals surface area contributed by atoms with Gasteiger partial charge < -0.3 is 19.7 Å². The van der Waals surface area contributed by atoms with Gasteiger partial charge in [-0.3, -0.25) is 14.6 Å². The number of hydrogen-bond acceptors (Lipinski definition) is 8. The van der Waals surface area contributed by atoms with Crippen LogP contribution in [0.25, 0.3) is 0 Å². The number of ether oxygens (including phenoxy) is 2. The van der Waals surface area contributed by atoms with Gasteiger partial charge in [-0.25, -0.2) is 4.79 Å². The van der Waals surface area contributed by atoms with Crippen molar-refractivity contribution in [3.63, 3.8) is 0 Å². The van der Waals surface area contributed by atoms with E-state index in [0.717, 1.165) is 6.20 Å². The van der Waals surface area contributed by atoms with Crippen LogP contribution in [0.1, 0.15) is 13.2 Å². The molecule has 10 heteroatoms. The zero-order valence-corrected chi connectivity index (χ0v) is 10.4. The second kappa shape index (κ2) is 5.53. The van der Waals surface area contributed by atoms with E-state index in [1.807, 2.05) is 4.98 Å². The Hall–Kier alpha value is -2.04. The molecule has 2 heterocycles. The van der Waals surface area contributed by atoms with E-state index < -0.39 is 41.8 Å². The molecule has 0 amide bonds. The van der Waals surface area contributed by atoms with Crippen molar-refractivity contribution in [3.8, 4) is 0 Å². The van der Waals surface area contributed by atoms with Crippen molar-refractivity contribution in [1.82, 2.24) is 14.8 Å². The molecule has 2 rings (SSSR count). The highest BCUT2D eigenvalue weighted by atomic mass is 16.6. The molecule has 4 atom stereocenters. The summed E-state index contributed by atoms with van der Waals surface area (Å²) >= 11 is 0. The first kappa shape index (κ1) is 14.4. The molecule has 110 valence electrons. The van der Waals surface area contributed by atoms with Gasteiger partial charge >= 0.3 is 11.7 Å². The van der Waals surface area contributed by atoms with Gasteiger partial charge in [-0.05, 0) is 0 Å². The topological polar surface area (TPSA) is 144 Å². The molecular formula is C10H13N3O7. The quantitative estimate of drug-likeness (QED) is 0.503. The predicted octanol–water partition coefficient (Wildman–Crippen LogP) is -2.89. The minimum absolute atomic E-state index is 0.276. The number of nitrogens with one attached hydrogen (secondary N) is 1. The third kappa shape index (κ3) is 2.76. The SMILES string of the molecule is CC(=O)OC[C@H]1O[C@@H](n2ncc(=O)[nH]c2=O)[C@H](O)[C@@H]1O. The van der Waals surface area contributed by atoms with Gasteiger partial charge in [0.05, 0.1) is 0 Å². The van der Waals surface area contributed by atoms with Crippen molar-refractivity contribution in [3.05, 3.63) is 27.0 Å². The van der Waals surface area contributed by atoms with Crippen LogP contribution in [0.3, 0.4) is 0 Å². The first-order valence-electron chi connectivity index (χ1n) is 5.73. The Labute approximate surface area is 111 Å². The fourth-order valence-corrected chi connectivity index (χ4v) is 1.81. The van der Waals surface area contributed by atoms with E-state index in [1.54, 1.807) is 0 Å². The number of aromatic nitrogens is 3. The Morgan fingerprint density at radius 3 is 2.80 bits per heavy atom. The number of aliphatic hydroxyl groups is 2. The van der Waals surface area contributed by atoms with Gasteiger partial charge in [0.1, 0.15) is 31.1 Å². The van der Waals surface area contributed by atoms with Crippen molar-refractivity contribution in [1.29, 1.82) is 0 Å². The lowest BCUT2D eigenvalue weighted by Gasteiger charge is -2.15. The third-order valence-electron chi connectivity index (χ3n) is 2.77. The molecule has 0 aliphatic carbocycles. The highest BCUT2D eigenvalue weighted by Crippen LogP contribution is 2.27. The number of carbonyl (C=O) groups is 1. The molecule has 1 aromatic rings. The van der Waals surface area contributed by atoms with E-state index in [1.165, 1.54) is 6.92 Å². The Morgan fingerprint density at radius 2 is 2.20 bits per heavy atom. The van der Waals surface area contributed by atoms with Gasteiger partial charge in [0, 0.05) is 6.92 Å². The number of esters is 1. The van der Waals surface area contributed by atoms with E-state index in [-0.39, 0.29) is 6.61 Å². The minimum Gasteiger partial charge on any atom is -0.463 e. The molecular weight excluding hydrogens is 274 g/mol. The average Bonchev–Trinajstić information content (AvgIpc) is 2.64. The first-order valence-corrected chi connectivity index (χ1v) is 5.73. The monoisotopic (exact) mass is 287 g/mol. The fraction of sp³-hybridized carbons (Fsp3) is 0.600. The fourth-order valence-electron chi connectivity index (χ4n) is 1.81. The first-order chi connectivity index (χ1) is 9.40. The molecule has 10 nitrogen and oxygen atoms in total. The molecule has 1 fully saturated rings. The molecule has 3 N–H and O–H groups in total. The molecule has 1 saturated heterocycles. The molecule has 0 bridgehead atoms. The summed E-state index contributed by atoms with van der Waals surface area (Å²) in [5, 5.41) is 23.1. The van der Waals surface area contributed by atoms with Gasteiger partial charge in [-0.2, -0.15) is 9.78 Å². The lowest BCUT2D eigenvalue weighted by molar-refractivity contribution is -0.147. The summed E-state index contributed by atoms with van der Waals surface area (Å²) < 4.78 is 10.6. The maximum atomic E-state index is 11.5. The maximum absolute atomic E-state index is 11.5. The van der Waals surface area contributed by atoms with Crippen LogP contribution in [-0.4, -0.2) is 55.9 Å². The van der Waals surface area contributed by atoms with E-state index >= 15 is 0 Å². The maximum Gasteiger partial charge on any atom is 0.347 e. The second-order valence-corrected chi connectivity index (χ2v) is 4.23. The van der Waals surface area contributed by atoms with Gasteiger partial charge in [0.25, 0.3) is 5.56 Å². The van der Waals surface area contributed by atoms with Gasteiger partial charge in [-0.1, -0.05) is 0 Å². The van der Waals surface area contributed by atoms with Gasteiger partial charge in [0.2, 0.25) is 0 Å². The van der Waals surface area contributed by atoms with Crippen molar-refractivity contribution < 1.29 is 24.5 Å². The lowest BCUT2D eigenvalue weighted by atomic mass is 10.1. The summed E-state index contributed by atoms with van der Waals surface area (Å²) in [6, 6.07) is 0. The van der Waals surface area contributed by atoms with E-state index in [4.69, 9.17) is 4.74 Å². The lowest BCUT2D eigenvalue weighted by Crippen LogP contribution is -2.39. The van der Waals surface area contributed by atoms with E-state index in [2.05, 4.69) is 9.84 Å². The standard InChI is InChI=1S/C10H13N3O7/c1-4(14)19-3-5-7(16)8(17)9(20-5)13-10(18)12-6(15)2-11-13/h2,5,7-9,16-17H,3H2,1H3,(H,12,15,18)/t5-,7-,8-,9-/m1/s1. The smallest absolute Gasteiger partial charge is 0.347 e. The van der Waals surface area contributed by atoms with Crippen LogP contribution >= 0.6 is 0 Å². The Kier molecular flexibility index (Phi) is 3.97. The Morgan fingerprint density at radius 1 is 1.50 bits per heavy atom. The number of carbonyl (C=O) groups excluding carboxylic acids is 1. The molecule has 0 aromatic carbocycles. The van der Waals surface area contributed by atoms with Crippen molar-refractivity contribution in [2.75, 3.05) is 6.61 Å². The molecule has 0 radical (unpaired) electrons. The zero-order valence-electron chi connectivity index (χ0n) is 10.4. The summed E-state index contributed by atoms with van der Waals surface area (Å²) in [6.07, 6.45) is -4.26. The summed E-state index contributed by atoms with van der Waals surface area (Å²) in [5.41, 5.74) is -1.59. The summed E-state index contributed by atoms with van der Waals surface area (Å²) in [4.78, 5) is 35.1. The zero-order chi connectivity index (χ0) is 14.9. The van der Waals surface area contributed by atoms with Crippen LogP contribution in [-0.2, 0) is 14.3 Å². The summed E-state index contributed by atoms with van der Waals surface area (Å²) in [6.45, 7) is 0.908. The molecule has 0 saturated carbocycles. The number of aromatic amines is 1. The van der Waals surface area contributed by atoms with E-state index in [0.29, 0.717) is 4.68 Å². The Bertz CT molecular complexity index is 609. The molecule has 0 unspecified atom stereocenters. The molecule has 20 heavy (non-hydrogen) atoms. The summed E-state index contributed by atoms with van der Waals surface area (Å²) in [5.74, 6) is -0.571. The number of H-pyrrole nitrogens is 1. The number of aliphatic hydroxyl groups excluding tert-OH is 2. The molecule has 1 aliphatic heterocycles. The van der Waals surface area contributed by atoms with Crippen LogP contribution in [0.15, 0.2) is 15.8 Å². The number of hydrogen-bond donors (Lipinski definition) is 3. The van der Waals surface area contributed by atoms with Crippen molar-refractivity contribution >= 4 is 5.97 Å². The van der Waals surface area contributed by atoms with Crippen LogP contribution < -0.4 is 11.2 Å². The summed E-state index contributed by atoms with van der Waals surface area (Å²) in [7, 11) is 0. The van der Waals surface area contributed by atoms with E-state index in [9.17, 15) is 24.6 Å². The number of rotatable bonds is 3. The molecule has 0 spiro atoms. The third-order valence-corrected chi connectivity index (χ3v) is 2.77. The highest BCUT2D eigenvalue weighted by Gasteiger charge is 2.45. The average molecular weight is 287 g/mol. The van der Waals surface area contributed by atoms with Crippen LogP contribution in [0.2, 0.25) is 0 Å². The van der Waals surface area contributed by atoms with Crippen molar-refractivity contribution in [2.45, 2.75) is 31.5 Å².